The van der Waals surface area contributed by atoms with Gasteiger partial charge in [-0.15, -0.1) is 0 Å². The normalized spacial score (nSPS) is 12.3. The third-order valence-corrected chi connectivity index (χ3v) is 3.40. The van der Waals surface area contributed by atoms with Gasteiger partial charge in [-0.05, 0) is 42.8 Å². The van der Waals surface area contributed by atoms with Crippen molar-refractivity contribution in [2.45, 2.75) is 32.7 Å². The van der Waals surface area contributed by atoms with Crippen molar-refractivity contribution in [1.82, 2.24) is 5.32 Å². The van der Waals surface area contributed by atoms with E-state index < -0.39 is 0 Å². The van der Waals surface area contributed by atoms with Gasteiger partial charge in [0.25, 0.3) is 0 Å². The molecule has 0 spiro atoms. The quantitative estimate of drug-likeness (QED) is 0.834. The lowest BCUT2D eigenvalue weighted by Gasteiger charge is -2.16. The van der Waals surface area contributed by atoms with E-state index in [1.54, 1.807) is 7.11 Å². The molecule has 3 nitrogen and oxygen atoms in total. The average Bonchev–Trinajstić information content (AvgIpc) is 2.96. The second-order valence-electron chi connectivity index (χ2n) is 4.82. The fraction of sp³-hybridized carbons (Fsp3) is 0.412. The molecule has 0 aliphatic rings. The Hall–Kier alpha value is -1.74. The first-order valence-electron chi connectivity index (χ1n) is 7.21. The summed E-state index contributed by atoms with van der Waals surface area (Å²) < 4.78 is 11.2. The summed E-state index contributed by atoms with van der Waals surface area (Å²) >= 11 is 0. The number of ether oxygens (including phenoxy) is 1. The maximum Gasteiger partial charge on any atom is 0.121 e. The Labute approximate surface area is 121 Å². The molecule has 0 bridgehead atoms. The van der Waals surface area contributed by atoms with Gasteiger partial charge in [0, 0.05) is 6.42 Å². The van der Waals surface area contributed by atoms with Crippen LogP contribution in [-0.4, -0.2) is 13.7 Å². The highest BCUT2D eigenvalue weighted by Gasteiger charge is 2.15. The highest BCUT2D eigenvalue weighted by atomic mass is 16.5. The first kappa shape index (κ1) is 14.7. The highest BCUT2D eigenvalue weighted by Crippen LogP contribution is 2.23. The molecule has 0 saturated heterocycles. The van der Waals surface area contributed by atoms with Crippen LogP contribution < -0.4 is 10.1 Å². The molecule has 108 valence electrons. The van der Waals surface area contributed by atoms with E-state index in [0.29, 0.717) is 0 Å². The lowest BCUT2D eigenvalue weighted by molar-refractivity contribution is 0.394. The van der Waals surface area contributed by atoms with Crippen LogP contribution in [0.15, 0.2) is 40.8 Å². The topological polar surface area (TPSA) is 34.4 Å². The third-order valence-electron chi connectivity index (χ3n) is 3.40. The molecule has 20 heavy (non-hydrogen) atoms. The number of methoxy groups -OCH3 is 1. The number of hydrogen-bond donors (Lipinski definition) is 1. The van der Waals surface area contributed by atoms with Gasteiger partial charge in [-0.2, -0.15) is 0 Å². The molecule has 0 radical (unpaired) electrons. The number of furan rings is 1. The molecule has 3 heteroatoms. The van der Waals surface area contributed by atoms with Crippen molar-refractivity contribution in [3.05, 3.63) is 53.5 Å². The Balaban J connectivity index is 2.15. The lowest BCUT2D eigenvalue weighted by atomic mass is 10.0. The van der Waals surface area contributed by atoms with Gasteiger partial charge in [0.15, 0.2) is 0 Å². The zero-order chi connectivity index (χ0) is 14.4. The van der Waals surface area contributed by atoms with Crippen molar-refractivity contribution in [3.63, 3.8) is 0 Å². The molecule has 1 aromatic carbocycles. The largest absolute Gasteiger partial charge is 0.497 e. The van der Waals surface area contributed by atoms with Crippen LogP contribution in [0, 0.1) is 0 Å². The lowest BCUT2D eigenvalue weighted by Crippen LogP contribution is -2.22. The first-order valence-corrected chi connectivity index (χ1v) is 7.21. The Bertz CT molecular complexity index is 533. The van der Waals surface area contributed by atoms with Crippen LogP contribution in [0.4, 0.5) is 0 Å². The van der Waals surface area contributed by atoms with E-state index in [-0.39, 0.29) is 6.04 Å². The standard InChI is InChI=1S/C17H23NO2/c1-4-14-9-10-17(20-14)16(18-5-2)12-13-7-6-8-15(11-13)19-3/h6-11,16,18H,4-5,12H2,1-3H3. The fourth-order valence-electron chi connectivity index (χ4n) is 2.33. The van der Waals surface area contributed by atoms with Crippen LogP contribution in [-0.2, 0) is 12.8 Å². The summed E-state index contributed by atoms with van der Waals surface area (Å²) in [4.78, 5) is 0. The zero-order valence-electron chi connectivity index (χ0n) is 12.5. The van der Waals surface area contributed by atoms with Crippen LogP contribution in [0.25, 0.3) is 0 Å². The molecule has 0 saturated carbocycles. The SMILES string of the molecule is CCNC(Cc1cccc(OC)c1)c1ccc(CC)o1. The molecule has 1 heterocycles. The van der Waals surface area contributed by atoms with E-state index in [0.717, 1.165) is 36.7 Å². The summed E-state index contributed by atoms with van der Waals surface area (Å²) in [6.07, 6.45) is 1.82. The Kier molecular flexibility index (Phi) is 5.24. The first-order chi connectivity index (χ1) is 9.76. The summed E-state index contributed by atoms with van der Waals surface area (Å²) in [6.45, 7) is 5.13. The maximum atomic E-state index is 5.88. The molecule has 0 aliphatic carbocycles. The zero-order valence-corrected chi connectivity index (χ0v) is 12.5. The van der Waals surface area contributed by atoms with Crippen LogP contribution in [0.1, 0.15) is 37.0 Å². The van der Waals surface area contributed by atoms with Crippen molar-refractivity contribution in [2.24, 2.45) is 0 Å². The number of hydrogen-bond acceptors (Lipinski definition) is 3. The molecule has 0 aliphatic heterocycles. The van der Waals surface area contributed by atoms with Gasteiger partial charge in [-0.1, -0.05) is 26.0 Å². The fourth-order valence-corrected chi connectivity index (χ4v) is 2.33. The van der Waals surface area contributed by atoms with E-state index in [1.165, 1.54) is 5.56 Å². The van der Waals surface area contributed by atoms with Crippen molar-refractivity contribution in [2.75, 3.05) is 13.7 Å². The second kappa shape index (κ2) is 7.15. The van der Waals surface area contributed by atoms with Crippen LogP contribution >= 0.6 is 0 Å². The smallest absolute Gasteiger partial charge is 0.121 e. The molecule has 1 aromatic heterocycles. The molecule has 1 unspecified atom stereocenters. The molecule has 0 amide bonds. The second-order valence-corrected chi connectivity index (χ2v) is 4.82. The van der Waals surface area contributed by atoms with E-state index in [4.69, 9.17) is 9.15 Å². The monoisotopic (exact) mass is 273 g/mol. The Morgan fingerprint density at radius 2 is 2.05 bits per heavy atom. The van der Waals surface area contributed by atoms with E-state index in [1.807, 2.05) is 12.1 Å². The summed E-state index contributed by atoms with van der Waals surface area (Å²) in [5.41, 5.74) is 1.24. The summed E-state index contributed by atoms with van der Waals surface area (Å²) in [5.74, 6) is 2.94. The molecule has 1 N–H and O–H groups in total. The number of likely N-dealkylation sites (N-methyl/N-ethyl adjacent to an activating group) is 1. The average molecular weight is 273 g/mol. The van der Waals surface area contributed by atoms with Crippen molar-refractivity contribution < 1.29 is 9.15 Å². The third kappa shape index (κ3) is 3.64. The summed E-state index contributed by atoms with van der Waals surface area (Å²) in [6, 6.07) is 12.5. The maximum absolute atomic E-state index is 5.88. The van der Waals surface area contributed by atoms with Gasteiger partial charge in [-0.25, -0.2) is 0 Å². The molecule has 1 atom stereocenters. The van der Waals surface area contributed by atoms with Gasteiger partial charge in [0.2, 0.25) is 0 Å². The minimum absolute atomic E-state index is 0.201. The Morgan fingerprint density at radius 1 is 1.20 bits per heavy atom. The van der Waals surface area contributed by atoms with E-state index >= 15 is 0 Å². The van der Waals surface area contributed by atoms with Crippen LogP contribution in [0.5, 0.6) is 5.75 Å². The van der Waals surface area contributed by atoms with Gasteiger partial charge in [-0.3, -0.25) is 0 Å². The van der Waals surface area contributed by atoms with Gasteiger partial charge in [0.1, 0.15) is 17.3 Å². The van der Waals surface area contributed by atoms with Gasteiger partial charge < -0.3 is 14.5 Å². The minimum atomic E-state index is 0.201. The predicted molar refractivity (Wildman–Crippen MR) is 81.2 cm³/mol. The number of aryl methyl sites for hydroxylation is 1. The van der Waals surface area contributed by atoms with E-state index in [2.05, 4.69) is 43.4 Å². The van der Waals surface area contributed by atoms with Gasteiger partial charge in [0.05, 0.1) is 13.2 Å². The summed E-state index contributed by atoms with van der Waals surface area (Å²) in [5, 5.41) is 3.49. The van der Waals surface area contributed by atoms with Gasteiger partial charge >= 0.3 is 0 Å². The Morgan fingerprint density at radius 3 is 2.70 bits per heavy atom. The number of nitrogens with one attached hydrogen (secondary N) is 1. The van der Waals surface area contributed by atoms with Crippen LogP contribution in [0.2, 0.25) is 0 Å². The van der Waals surface area contributed by atoms with Crippen molar-refractivity contribution >= 4 is 0 Å². The predicted octanol–water partition coefficient (Wildman–Crippen LogP) is 3.74. The number of rotatable bonds is 7. The van der Waals surface area contributed by atoms with Crippen molar-refractivity contribution in [1.29, 1.82) is 0 Å². The molecule has 2 aromatic rings. The van der Waals surface area contributed by atoms with E-state index in [9.17, 15) is 0 Å². The molecule has 2 rings (SSSR count). The number of benzene rings is 1. The van der Waals surface area contributed by atoms with Crippen LogP contribution in [0.3, 0.4) is 0 Å². The molecular formula is C17H23NO2. The molecular weight excluding hydrogens is 250 g/mol. The summed E-state index contributed by atoms with van der Waals surface area (Å²) in [7, 11) is 1.70. The molecule has 0 fully saturated rings. The van der Waals surface area contributed by atoms with Crippen molar-refractivity contribution in [3.8, 4) is 5.75 Å². The highest BCUT2D eigenvalue weighted by molar-refractivity contribution is 5.29. The minimum Gasteiger partial charge on any atom is -0.497 e.